The number of aliphatic hydroxyl groups is 2. The Balaban J connectivity index is 1.82. The number of epoxide rings is 1. The highest BCUT2D eigenvalue weighted by atomic mass is 16.6. The Morgan fingerprint density at radius 3 is 2.60 bits per heavy atom. The van der Waals surface area contributed by atoms with Crippen LogP contribution < -0.4 is 4.74 Å². The summed E-state index contributed by atoms with van der Waals surface area (Å²) < 4.78 is 16.1. The first-order chi connectivity index (χ1) is 9.71. The van der Waals surface area contributed by atoms with Gasteiger partial charge in [0.2, 0.25) is 0 Å². The molecule has 1 aromatic rings. The fraction of sp³-hybridized carbons (Fsp3) is 0.600. The number of rotatable bonds is 9. The van der Waals surface area contributed by atoms with Gasteiger partial charge in [-0.25, -0.2) is 0 Å². The summed E-state index contributed by atoms with van der Waals surface area (Å²) in [5.41, 5.74) is 1.05. The van der Waals surface area contributed by atoms with Crippen molar-refractivity contribution in [3.8, 4) is 5.75 Å². The highest BCUT2D eigenvalue weighted by molar-refractivity contribution is 5.26. The van der Waals surface area contributed by atoms with Gasteiger partial charge in [-0.1, -0.05) is 12.1 Å². The van der Waals surface area contributed by atoms with Crippen molar-refractivity contribution in [1.82, 2.24) is 0 Å². The summed E-state index contributed by atoms with van der Waals surface area (Å²) >= 11 is 0. The molecule has 0 bridgehead atoms. The molecule has 20 heavy (non-hydrogen) atoms. The Hall–Kier alpha value is -1.14. The molecule has 1 unspecified atom stereocenters. The van der Waals surface area contributed by atoms with E-state index in [1.54, 1.807) is 7.11 Å². The number of hydrogen-bond donors (Lipinski definition) is 2. The Morgan fingerprint density at radius 2 is 2.05 bits per heavy atom. The molecular formula is C15H22O5. The van der Waals surface area contributed by atoms with E-state index in [0.717, 1.165) is 24.3 Å². The number of benzene rings is 1. The lowest BCUT2D eigenvalue weighted by Gasteiger charge is -2.19. The van der Waals surface area contributed by atoms with Crippen molar-refractivity contribution >= 4 is 0 Å². The van der Waals surface area contributed by atoms with E-state index in [1.165, 1.54) is 0 Å². The molecule has 1 fully saturated rings. The lowest BCUT2D eigenvalue weighted by molar-refractivity contribution is -0.0169. The van der Waals surface area contributed by atoms with Gasteiger partial charge in [0.05, 0.1) is 45.2 Å². The Morgan fingerprint density at radius 1 is 1.35 bits per heavy atom. The van der Waals surface area contributed by atoms with Crippen LogP contribution in [0.3, 0.4) is 0 Å². The third-order valence-electron chi connectivity index (χ3n) is 3.32. The summed E-state index contributed by atoms with van der Waals surface area (Å²) in [5.74, 6) is 0.812. The minimum Gasteiger partial charge on any atom is -0.497 e. The average Bonchev–Trinajstić information content (AvgIpc) is 3.29. The average molecular weight is 282 g/mol. The zero-order valence-corrected chi connectivity index (χ0v) is 11.7. The first-order valence-corrected chi connectivity index (χ1v) is 6.86. The maximum absolute atomic E-state index is 9.54. The first kappa shape index (κ1) is 15.3. The molecule has 0 amide bonds. The summed E-state index contributed by atoms with van der Waals surface area (Å²) in [5, 5.41) is 18.5. The molecule has 1 heterocycles. The van der Waals surface area contributed by atoms with Crippen LogP contribution in [-0.4, -0.2) is 48.8 Å². The number of methoxy groups -OCH3 is 1. The fourth-order valence-corrected chi connectivity index (χ4v) is 2.04. The minimum absolute atomic E-state index is 0.105. The molecule has 5 nitrogen and oxygen atoms in total. The van der Waals surface area contributed by atoms with E-state index in [2.05, 4.69) is 0 Å². The Labute approximate surface area is 119 Å². The first-order valence-electron chi connectivity index (χ1n) is 6.86. The molecule has 2 rings (SSSR count). The summed E-state index contributed by atoms with van der Waals surface area (Å²) in [6, 6.07) is 7.68. The van der Waals surface area contributed by atoms with Crippen molar-refractivity contribution in [2.24, 2.45) is 0 Å². The summed E-state index contributed by atoms with van der Waals surface area (Å²) in [4.78, 5) is 0. The summed E-state index contributed by atoms with van der Waals surface area (Å²) in [7, 11) is 1.63. The second kappa shape index (κ2) is 7.59. The van der Waals surface area contributed by atoms with Crippen LogP contribution in [0.5, 0.6) is 5.75 Å². The zero-order chi connectivity index (χ0) is 14.4. The lowest BCUT2D eigenvalue weighted by atomic mass is 10.1. The molecule has 3 atom stereocenters. The smallest absolute Gasteiger partial charge is 0.118 e. The van der Waals surface area contributed by atoms with Gasteiger partial charge in [0, 0.05) is 12.8 Å². The van der Waals surface area contributed by atoms with Gasteiger partial charge >= 0.3 is 0 Å². The van der Waals surface area contributed by atoms with Crippen LogP contribution in [0, 0.1) is 0 Å². The van der Waals surface area contributed by atoms with E-state index < -0.39 is 6.10 Å². The molecule has 5 heteroatoms. The van der Waals surface area contributed by atoms with Crippen molar-refractivity contribution < 1.29 is 24.4 Å². The molecule has 0 radical (unpaired) electrons. The summed E-state index contributed by atoms with van der Waals surface area (Å²) in [6.07, 6.45) is 0.572. The van der Waals surface area contributed by atoms with Gasteiger partial charge < -0.3 is 24.4 Å². The van der Waals surface area contributed by atoms with Gasteiger partial charge in [-0.15, -0.1) is 0 Å². The van der Waals surface area contributed by atoms with E-state index in [0.29, 0.717) is 13.0 Å². The third kappa shape index (κ3) is 5.09. The van der Waals surface area contributed by atoms with Crippen LogP contribution in [0.25, 0.3) is 0 Å². The van der Waals surface area contributed by atoms with E-state index in [-0.39, 0.29) is 18.8 Å². The highest BCUT2D eigenvalue weighted by Crippen LogP contribution is 2.21. The van der Waals surface area contributed by atoms with Crippen molar-refractivity contribution in [1.29, 1.82) is 0 Å². The van der Waals surface area contributed by atoms with Crippen molar-refractivity contribution in [2.45, 2.75) is 37.8 Å². The molecule has 1 aliphatic heterocycles. The molecule has 112 valence electrons. The second-order valence-corrected chi connectivity index (χ2v) is 5.04. The van der Waals surface area contributed by atoms with Crippen LogP contribution >= 0.6 is 0 Å². The van der Waals surface area contributed by atoms with Gasteiger partial charge in [-0.2, -0.15) is 0 Å². The van der Waals surface area contributed by atoms with Crippen molar-refractivity contribution in [3.05, 3.63) is 29.8 Å². The number of ether oxygens (including phenoxy) is 3. The predicted molar refractivity (Wildman–Crippen MR) is 73.6 cm³/mol. The predicted octanol–water partition coefficient (Wildman–Crippen LogP) is 1.11. The maximum Gasteiger partial charge on any atom is 0.118 e. The van der Waals surface area contributed by atoms with Gasteiger partial charge in [0.25, 0.3) is 0 Å². The Bertz CT molecular complexity index is 388. The molecule has 2 N–H and O–H groups in total. The Kier molecular flexibility index (Phi) is 5.79. The number of aliphatic hydroxyl groups excluding tert-OH is 2. The lowest BCUT2D eigenvalue weighted by Crippen LogP contribution is -2.24. The van der Waals surface area contributed by atoms with E-state index in [1.807, 2.05) is 24.3 Å². The largest absolute Gasteiger partial charge is 0.497 e. The molecule has 1 saturated heterocycles. The van der Waals surface area contributed by atoms with Crippen LogP contribution in [0.15, 0.2) is 24.3 Å². The third-order valence-corrected chi connectivity index (χ3v) is 3.32. The monoisotopic (exact) mass is 282 g/mol. The van der Waals surface area contributed by atoms with Crippen molar-refractivity contribution in [2.75, 3.05) is 20.3 Å². The highest BCUT2D eigenvalue weighted by Gasteiger charge is 2.28. The van der Waals surface area contributed by atoms with Crippen LogP contribution in [-0.2, 0) is 16.1 Å². The zero-order valence-electron chi connectivity index (χ0n) is 11.7. The van der Waals surface area contributed by atoms with Crippen LogP contribution in [0.2, 0.25) is 0 Å². The summed E-state index contributed by atoms with van der Waals surface area (Å²) in [6.45, 7) is 0.991. The quantitative estimate of drug-likeness (QED) is 0.664. The SMILES string of the molecule is COc1ccc(COC(C[C@H](O)CO)C[C@@H]2CO2)cc1. The second-order valence-electron chi connectivity index (χ2n) is 5.04. The van der Waals surface area contributed by atoms with Crippen LogP contribution in [0.1, 0.15) is 18.4 Å². The maximum atomic E-state index is 9.54. The topological polar surface area (TPSA) is 71.5 Å². The van der Waals surface area contributed by atoms with E-state index in [4.69, 9.17) is 19.3 Å². The minimum atomic E-state index is -0.741. The fourth-order valence-electron chi connectivity index (χ4n) is 2.04. The molecule has 0 aromatic heterocycles. The molecule has 1 aliphatic rings. The normalized spacial score (nSPS) is 20.4. The molecule has 1 aromatic carbocycles. The van der Waals surface area contributed by atoms with E-state index in [9.17, 15) is 5.11 Å². The van der Waals surface area contributed by atoms with Crippen molar-refractivity contribution in [3.63, 3.8) is 0 Å². The van der Waals surface area contributed by atoms with Gasteiger partial charge in [0.15, 0.2) is 0 Å². The molecule has 0 saturated carbocycles. The number of hydrogen-bond acceptors (Lipinski definition) is 5. The molecule has 0 aliphatic carbocycles. The van der Waals surface area contributed by atoms with Gasteiger partial charge in [0.1, 0.15) is 5.75 Å². The standard InChI is InChI=1S/C15H22O5/c1-18-13-4-2-11(3-5-13)9-19-14(6-12(17)8-16)7-15-10-20-15/h2-5,12,14-17H,6-10H2,1H3/t12-,14?,15+/m0/s1. The van der Waals surface area contributed by atoms with Gasteiger partial charge in [-0.05, 0) is 17.7 Å². The van der Waals surface area contributed by atoms with E-state index >= 15 is 0 Å². The molecule has 0 spiro atoms. The molecular weight excluding hydrogens is 260 g/mol. The van der Waals surface area contributed by atoms with Crippen LogP contribution in [0.4, 0.5) is 0 Å². The van der Waals surface area contributed by atoms with Gasteiger partial charge in [-0.3, -0.25) is 0 Å².